The summed E-state index contributed by atoms with van der Waals surface area (Å²) in [5, 5.41) is 1.81. The van der Waals surface area contributed by atoms with Gasteiger partial charge >= 0.3 is 5.97 Å². The van der Waals surface area contributed by atoms with Gasteiger partial charge in [0.2, 0.25) is 5.91 Å². The molecule has 1 aromatic carbocycles. The van der Waals surface area contributed by atoms with Crippen LogP contribution in [0.4, 0.5) is 5.69 Å². The number of anilines is 1. The molecule has 2 saturated heterocycles. The lowest BCUT2D eigenvalue weighted by molar-refractivity contribution is -0.289. The third-order valence-corrected chi connectivity index (χ3v) is 5.32. The number of fused-ring (bicyclic) bond motifs is 3. The van der Waals surface area contributed by atoms with E-state index in [1.807, 2.05) is 17.2 Å². The van der Waals surface area contributed by atoms with Crippen LogP contribution < -0.4 is 9.64 Å². The van der Waals surface area contributed by atoms with Crippen molar-refractivity contribution in [1.29, 1.82) is 0 Å². The van der Waals surface area contributed by atoms with E-state index in [1.165, 1.54) is 0 Å². The summed E-state index contributed by atoms with van der Waals surface area (Å²) >= 11 is 0. The van der Waals surface area contributed by atoms with Gasteiger partial charge in [0.1, 0.15) is 5.75 Å². The van der Waals surface area contributed by atoms with E-state index in [0.29, 0.717) is 18.6 Å². The number of hydrogen-bond acceptors (Lipinski definition) is 6. The van der Waals surface area contributed by atoms with Gasteiger partial charge in [-0.05, 0) is 31.5 Å². The average molecular weight is 332 g/mol. The molecule has 0 aromatic heterocycles. The molecular formula is C17H20N2O5. The molecule has 3 heterocycles. The number of hydroxylamine groups is 2. The van der Waals surface area contributed by atoms with Gasteiger partial charge in [-0.1, -0.05) is 0 Å². The number of nitrogens with zero attached hydrogens (tertiary/aromatic N) is 2. The van der Waals surface area contributed by atoms with Gasteiger partial charge in [0.05, 0.1) is 38.6 Å². The van der Waals surface area contributed by atoms with Crippen molar-refractivity contribution in [2.24, 2.45) is 0 Å². The van der Waals surface area contributed by atoms with Crippen molar-refractivity contribution in [2.75, 3.05) is 25.7 Å². The lowest BCUT2D eigenvalue weighted by Crippen LogP contribution is -2.81. The molecule has 0 spiro atoms. The van der Waals surface area contributed by atoms with E-state index in [4.69, 9.17) is 14.3 Å². The highest BCUT2D eigenvalue weighted by Gasteiger charge is 2.76. The Balaban J connectivity index is 1.92. The molecule has 1 amide bonds. The Morgan fingerprint density at radius 3 is 2.83 bits per heavy atom. The fraction of sp³-hybridized carbons (Fsp3) is 0.529. The zero-order valence-electron chi connectivity index (χ0n) is 13.9. The Kier molecular flexibility index (Phi) is 3.33. The van der Waals surface area contributed by atoms with Crippen molar-refractivity contribution in [2.45, 2.75) is 37.4 Å². The van der Waals surface area contributed by atoms with Crippen LogP contribution in [0.3, 0.4) is 0 Å². The van der Waals surface area contributed by atoms with Crippen molar-refractivity contribution in [3.05, 3.63) is 23.8 Å². The summed E-state index contributed by atoms with van der Waals surface area (Å²) in [4.78, 5) is 32.8. The Morgan fingerprint density at radius 1 is 1.38 bits per heavy atom. The largest absolute Gasteiger partial charge is 0.497 e. The van der Waals surface area contributed by atoms with E-state index in [2.05, 4.69) is 0 Å². The molecule has 0 N–H and O–H groups in total. The van der Waals surface area contributed by atoms with Gasteiger partial charge < -0.3 is 14.3 Å². The monoisotopic (exact) mass is 332 g/mol. The van der Waals surface area contributed by atoms with Gasteiger partial charge in [0, 0.05) is 12.0 Å². The molecule has 0 aliphatic carbocycles. The molecule has 7 nitrogen and oxygen atoms in total. The lowest BCUT2D eigenvalue weighted by Gasteiger charge is -2.61. The van der Waals surface area contributed by atoms with Crippen LogP contribution in [0.2, 0.25) is 0 Å². The maximum atomic E-state index is 12.9. The predicted molar refractivity (Wildman–Crippen MR) is 84.5 cm³/mol. The molecular weight excluding hydrogens is 312 g/mol. The molecule has 3 aliphatic rings. The summed E-state index contributed by atoms with van der Waals surface area (Å²) in [6.07, 6.45) is 0.952. The van der Waals surface area contributed by atoms with E-state index in [0.717, 1.165) is 11.3 Å². The van der Waals surface area contributed by atoms with Crippen LogP contribution in [0.15, 0.2) is 18.2 Å². The fourth-order valence-corrected chi connectivity index (χ4v) is 4.47. The van der Waals surface area contributed by atoms with Gasteiger partial charge in [-0.2, -0.15) is 5.06 Å². The number of methoxy groups -OCH3 is 1. The molecule has 24 heavy (non-hydrogen) atoms. The second-order valence-electron chi connectivity index (χ2n) is 6.20. The van der Waals surface area contributed by atoms with E-state index >= 15 is 0 Å². The molecule has 0 saturated carbocycles. The van der Waals surface area contributed by atoms with E-state index in [1.54, 1.807) is 32.1 Å². The minimum Gasteiger partial charge on any atom is -0.497 e. The highest BCUT2D eigenvalue weighted by molar-refractivity contribution is 6.08. The number of esters is 1. The highest BCUT2D eigenvalue weighted by atomic mass is 16.7. The Bertz CT molecular complexity index is 721. The van der Waals surface area contributed by atoms with Crippen LogP contribution in [0, 0.1) is 0 Å². The number of amides is 1. The second kappa shape index (κ2) is 5.19. The number of carbonyl (C=O) groups excluding carboxylic acids is 2. The maximum Gasteiger partial charge on any atom is 0.336 e. The standard InChI is InChI=1S/C17H20N2O5/c1-4-24-16(21)17-13-7-8-14(20)18(17)12-6-5-10(22-2)9-11(12)15(17)19(13)23-3/h5-6,9,13,15H,4,7-8H2,1-3H3/t13-,15+,17+/m0/s1. The number of hydrogen-bond donors (Lipinski definition) is 0. The minimum atomic E-state index is -1.03. The number of piperidine rings is 1. The number of carbonyl (C=O) groups is 2. The lowest BCUT2D eigenvalue weighted by atomic mass is 9.69. The Labute approximate surface area is 140 Å². The van der Waals surface area contributed by atoms with Crippen molar-refractivity contribution < 1.29 is 23.9 Å². The molecule has 4 rings (SSSR count). The molecule has 0 bridgehead atoms. The third-order valence-electron chi connectivity index (χ3n) is 5.32. The van der Waals surface area contributed by atoms with Crippen LogP contribution >= 0.6 is 0 Å². The van der Waals surface area contributed by atoms with Crippen molar-refractivity contribution in [1.82, 2.24) is 5.06 Å². The normalized spacial score (nSPS) is 30.5. The zero-order valence-corrected chi connectivity index (χ0v) is 13.9. The van der Waals surface area contributed by atoms with Gasteiger partial charge in [0.15, 0.2) is 5.54 Å². The predicted octanol–water partition coefficient (Wildman–Crippen LogP) is 1.42. The summed E-state index contributed by atoms with van der Waals surface area (Å²) in [7, 11) is 3.18. The summed E-state index contributed by atoms with van der Waals surface area (Å²) in [6.45, 7) is 2.04. The first-order valence-electron chi connectivity index (χ1n) is 8.11. The van der Waals surface area contributed by atoms with Crippen molar-refractivity contribution in [3.8, 4) is 5.75 Å². The van der Waals surface area contributed by atoms with Crippen LogP contribution in [0.5, 0.6) is 5.75 Å². The molecule has 0 unspecified atom stereocenters. The zero-order chi connectivity index (χ0) is 17.1. The first kappa shape index (κ1) is 15.4. The van der Waals surface area contributed by atoms with Gasteiger partial charge in [-0.15, -0.1) is 0 Å². The number of benzene rings is 1. The number of rotatable bonds is 4. The first-order valence-corrected chi connectivity index (χ1v) is 8.11. The average Bonchev–Trinajstić information content (AvgIpc) is 2.85. The molecule has 3 aliphatic heterocycles. The smallest absolute Gasteiger partial charge is 0.336 e. The molecule has 2 fully saturated rings. The highest BCUT2D eigenvalue weighted by Crippen LogP contribution is 2.63. The Hall–Kier alpha value is -2.12. The molecule has 3 atom stereocenters. The van der Waals surface area contributed by atoms with Gasteiger partial charge in [-0.25, -0.2) is 4.79 Å². The van der Waals surface area contributed by atoms with Crippen LogP contribution in [-0.2, 0) is 19.2 Å². The quantitative estimate of drug-likeness (QED) is 0.777. The number of ether oxygens (including phenoxy) is 2. The first-order chi connectivity index (χ1) is 11.6. The van der Waals surface area contributed by atoms with Crippen molar-refractivity contribution in [3.63, 3.8) is 0 Å². The van der Waals surface area contributed by atoms with E-state index < -0.39 is 5.54 Å². The van der Waals surface area contributed by atoms with E-state index in [-0.39, 0.29) is 30.6 Å². The minimum absolute atomic E-state index is 0.0519. The molecule has 7 heteroatoms. The van der Waals surface area contributed by atoms with Gasteiger partial charge in [-0.3, -0.25) is 9.69 Å². The molecule has 128 valence electrons. The maximum absolute atomic E-state index is 12.9. The van der Waals surface area contributed by atoms with Crippen molar-refractivity contribution >= 4 is 17.6 Å². The fourth-order valence-electron chi connectivity index (χ4n) is 4.47. The molecule has 1 aromatic rings. The van der Waals surface area contributed by atoms with E-state index in [9.17, 15) is 9.59 Å². The summed E-state index contributed by atoms with van der Waals surface area (Å²) in [5.74, 6) is 0.264. The summed E-state index contributed by atoms with van der Waals surface area (Å²) in [5.41, 5.74) is 0.564. The second-order valence-corrected chi connectivity index (χ2v) is 6.20. The summed E-state index contributed by atoms with van der Waals surface area (Å²) in [6, 6.07) is 4.93. The van der Waals surface area contributed by atoms with Gasteiger partial charge in [0.25, 0.3) is 0 Å². The van der Waals surface area contributed by atoms with Crippen LogP contribution in [-0.4, -0.2) is 49.3 Å². The van der Waals surface area contributed by atoms with Crippen LogP contribution in [0.25, 0.3) is 0 Å². The third kappa shape index (κ3) is 1.58. The summed E-state index contributed by atoms with van der Waals surface area (Å²) < 4.78 is 10.7. The topological polar surface area (TPSA) is 68.3 Å². The Morgan fingerprint density at radius 2 is 2.17 bits per heavy atom. The SMILES string of the molecule is CCOC(=O)[C@]12[C@@H]3CCC(=O)N1c1ccc(OC)cc1[C@H]2N3OC. The van der Waals surface area contributed by atoms with Crippen LogP contribution in [0.1, 0.15) is 31.4 Å². The molecule has 0 radical (unpaired) electrons.